The van der Waals surface area contributed by atoms with Crippen LogP contribution in [0.2, 0.25) is 0 Å². The predicted octanol–water partition coefficient (Wildman–Crippen LogP) is 3.05. The molecule has 2 aromatic carbocycles. The predicted molar refractivity (Wildman–Crippen MR) is 93.0 cm³/mol. The Morgan fingerprint density at radius 1 is 1.25 bits per heavy atom. The highest BCUT2D eigenvalue weighted by molar-refractivity contribution is 9.10. The van der Waals surface area contributed by atoms with E-state index in [4.69, 9.17) is 0 Å². The fraction of sp³-hybridized carbons (Fsp3) is 0.188. The van der Waals surface area contributed by atoms with Crippen LogP contribution in [0.1, 0.15) is 5.56 Å². The lowest BCUT2D eigenvalue weighted by molar-refractivity contribution is -0.138. The van der Waals surface area contributed by atoms with Crippen LogP contribution >= 0.6 is 15.9 Å². The first-order valence-electron chi connectivity index (χ1n) is 6.90. The van der Waals surface area contributed by atoms with E-state index in [1.807, 2.05) is 0 Å². The summed E-state index contributed by atoms with van der Waals surface area (Å²) in [7, 11) is -3.89. The second-order valence-electron chi connectivity index (χ2n) is 5.22. The van der Waals surface area contributed by atoms with E-state index in [2.05, 4.69) is 15.9 Å². The lowest BCUT2D eigenvalue weighted by Crippen LogP contribution is -2.46. The SMILES string of the molecule is CS(=O)(=O)N(c1ccc(F)cc1)[C@@H](Cc1cccc(Br)c1)C(=O)O. The molecule has 128 valence electrons. The van der Waals surface area contributed by atoms with Gasteiger partial charge in [0, 0.05) is 10.9 Å². The Hall–Kier alpha value is -1.93. The molecule has 0 saturated heterocycles. The summed E-state index contributed by atoms with van der Waals surface area (Å²) < 4.78 is 39.0. The number of nitrogens with zero attached hydrogens (tertiary/aromatic N) is 1. The Kier molecular flexibility index (Phi) is 5.61. The van der Waals surface area contributed by atoms with Crippen LogP contribution < -0.4 is 4.31 Å². The summed E-state index contributed by atoms with van der Waals surface area (Å²) in [6.07, 6.45) is 0.895. The van der Waals surface area contributed by atoms with Gasteiger partial charge < -0.3 is 5.11 Å². The van der Waals surface area contributed by atoms with E-state index in [-0.39, 0.29) is 12.1 Å². The van der Waals surface area contributed by atoms with Gasteiger partial charge in [-0.1, -0.05) is 28.1 Å². The maximum absolute atomic E-state index is 13.1. The van der Waals surface area contributed by atoms with E-state index >= 15 is 0 Å². The van der Waals surface area contributed by atoms with E-state index in [1.165, 1.54) is 12.1 Å². The van der Waals surface area contributed by atoms with Crippen LogP contribution in [0.25, 0.3) is 0 Å². The fourth-order valence-electron chi connectivity index (χ4n) is 2.35. The number of rotatable bonds is 6. The number of benzene rings is 2. The second kappa shape index (κ2) is 7.31. The van der Waals surface area contributed by atoms with Crippen molar-refractivity contribution in [2.45, 2.75) is 12.5 Å². The van der Waals surface area contributed by atoms with Gasteiger partial charge in [-0.15, -0.1) is 0 Å². The minimum absolute atomic E-state index is 0.0286. The van der Waals surface area contributed by atoms with E-state index < -0.39 is 27.9 Å². The van der Waals surface area contributed by atoms with Gasteiger partial charge in [0.1, 0.15) is 11.9 Å². The number of carboxylic acid groups (broad SMARTS) is 1. The monoisotopic (exact) mass is 415 g/mol. The zero-order valence-corrected chi connectivity index (χ0v) is 15.1. The third-order valence-electron chi connectivity index (χ3n) is 3.32. The molecule has 0 saturated carbocycles. The number of carbonyl (C=O) groups is 1. The summed E-state index contributed by atoms with van der Waals surface area (Å²) in [5, 5.41) is 9.56. The average molecular weight is 416 g/mol. The number of hydrogen-bond donors (Lipinski definition) is 1. The molecule has 1 atom stereocenters. The molecule has 0 spiro atoms. The number of anilines is 1. The van der Waals surface area contributed by atoms with Gasteiger partial charge in [-0.05, 0) is 42.0 Å². The molecule has 0 aromatic heterocycles. The summed E-state index contributed by atoms with van der Waals surface area (Å²) in [5.41, 5.74) is 0.758. The van der Waals surface area contributed by atoms with Gasteiger partial charge in [0.15, 0.2) is 0 Å². The Morgan fingerprint density at radius 3 is 2.38 bits per heavy atom. The van der Waals surface area contributed by atoms with E-state index in [0.29, 0.717) is 5.56 Å². The van der Waals surface area contributed by atoms with Crippen molar-refractivity contribution in [3.63, 3.8) is 0 Å². The lowest BCUT2D eigenvalue weighted by atomic mass is 10.1. The van der Waals surface area contributed by atoms with Crippen molar-refractivity contribution in [1.29, 1.82) is 0 Å². The van der Waals surface area contributed by atoms with Crippen molar-refractivity contribution in [3.8, 4) is 0 Å². The molecular weight excluding hydrogens is 401 g/mol. The Labute approximate surface area is 147 Å². The van der Waals surface area contributed by atoms with Crippen LogP contribution in [0.15, 0.2) is 53.0 Å². The second-order valence-corrected chi connectivity index (χ2v) is 8.00. The number of sulfonamides is 1. The van der Waals surface area contributed by atoms with Gasteiger partial charge in [-0.3, -0.25) is 4.31 Å². The molecule has 1 N–H and O–H groups in total. The van der Waals surface area contributed by atoms with Crippen LogP contribution in [0.5, 0.6) is 0 Å². The van der Waals surface area contributed by atoms with Gasteiger partial charge >= 0.3 is 5.97 Å². The van der Waals surface area contributed by atoms with Crippen LogP contribution in [0.3, 0.4) is 0 Å². The van der Waals surface area contributed by atoms with Crippen LogP contribution in [-0.4, -0.2) is 31.8 Å². The van der Waals surface area contributed by atoms with Crippen LogP contribution in [0, 0.1) is 5.82 Å². The first-order chi connectivity index (χ1) is 11.2. The van der Waals surface area contributed by atoms with Crippen LogP contribution in [0.4, 0.5) is 10.1 Å². The summed E-state index contributed by atoms with van der Waals surface area (Å²) in [6, 6.07) is 10.3. The topological polar surface area (TPSA) is 74.7 Å². The van der Waals surface area contributed by atoms with Crippen molar-refractivity contribution in [3.05, 3.63) is 64.4 Å². The van der Waals surface area contributed by atoms with E-state index in [1.54, 1.807) is 24.3 Å². The molecule has 0 aliphatic heterocycles. The highest BCUT2D eigenvalue weighted by Crippen LogP contribution is 2.24. The van der Waals surface area contributed by atoms with Crippen molar-refractivity contribution in [2.75, 3.05) is 10.6 Å². The minimum Gasteiger partial charge on any atom is -0.480 e. The zero-order valence-electron chi connectivity index (χ0n) is 12.7. The maximum atomic E-state index is 13.1. The van der Waals surface area contributed by atoms with Crippen molar-refractivity contribution >= 4 is 37.6 Å². The van der Waals surface area contributed by atoms with Gasteiger partial charge in [0.25, 0.3) is 0 Å². The van der Waals surface area contributed by atoms with Crippen molar-refractivity contribution in [1.82, 2.24) is 0 Å². The highest BCUT2D eigenvalue weighted by atomic mass is 79.9. The molecule has 0 aliphatic rings. The number of halogens is 2. The third-order valence-corrected chi connectivity index (χ3v) is 5.00. The fourth-order valence-corrected chi connectivity index (χ4v) is 3.93. The minimum atomic E-state index is -3.89. The molecule has 0 aliphatic carbocycles. The Bertz CT molecular complexity index is 839. The largest absolute Gasteiger partial charge is 0.480 e. The third kappa shape index (κ3) is 4.55. The zero-order chi connectivity index (χ0) is 17.9. The molecule has 5 nitrogen and oxygen atoms in total. The summed E-state index contributed by atoms with van der Waals surface area (Å²) >= 11 is 3.30. The molecule has 0 bridgehead atoms. The highest BCUT2D eigenvalue weighted by Gasteiger charge is 2.32. The molecular formula is C16H15BrFNO4S. The lowest BCUT2D eigenvalue weighted by Gasteiger charge is -2.29. The van der Waals surface area contributed by atoms with Gasteiger partial charge in [0.05, 0.1) is 11.9 Å². The molecule has 2 aromatic rings. The van der Waals surface area contributed by atoms with Gasteiger partial charge in [-0.25, -0.2) is 17.6 Å². The van der Waals surface area contributed by atoms with E-state index in [0.717, 1.165) is 27.2 Å². The molecule has 0 fully saturated rings. The average Bonchev–Trinajstić information content (AvgIpc) is 2.47. The number of aliphatic carboxylic acids is 1. The summed E-state index contributed by atoms with van der Waals surface area (Å²) in [5.74, 6) is -1.82. The first-order valence-corrected chi connectivity index (χ1v) is 9.55. The van der Waals surface area contributed by atoms with Crippen molar-refractivity contribution < 1.29 is 22.7 Å². The van der Waals surface area contributed by atoms with Crippen LogP contribution in [-0.2, 0) is 21.2 Å². The molecule has 0 unspecified atom stereocenters. The Morgan fingerprint density at radius 2 is 1.88 bits per heavy atom. The normalized spacial score (nSPS) is 12.6. The summed E-state index contributed by atoms with van der Waals surface area (Å²) in [4.78, 5) is 11.7. The summed E-state index contributed by atoms with van der Waals surface area (Å²) in [6.45, 7) is 0. The number of hydrogen-bond acceptors (Lipinski definition) is 3. The van der Waals surface area contributed by atoms with Gasteiger partial charge in [-0.2, -0.15) is 0 Å². The molecule has 8 heteroatoms. The smallest absolute Gasteiger partial charge is 0.327 e. The maximum Gasteiger partial charge on any atom is 0.327 e. The standard InChI is InChI=1S/C16H15BrFNO4S/c1-24(22,23)19(14-7-5-13(18)6-8-14)15(16(20)21)10-11-3-2-4-12(17)9-11/h2-9,15H,10H2,1H3,(H,20,21)/t15-/m0/s1. The number of carboxylic acids is 1. The van der Waals surface area contributed by atoms with E-state index in [9.17, 15) is 22.7 Å². The quantitative estimate of drug-likeness (QED) is 0.786. The molecule has 0 amide bonds. The molecule has 24 heavy (non-hydrogen) atoms. The molecule has 0 radical (unpaired) electrons. The van der Waals surface area contributed by atoms with Crippen molar-refractivity contribution in [2.24, 2.45) is 0 Å². The first kappa shape index (κ1) is 18.4. The molecule has 2 rings (SSSR count). The Balaban J connectivity index is 2.47. The molecule has 0 heterocycles. The van der Waals surface area contributed by atoms with Gasteiger partial charge in [0.2, 0.25) is 10.0 Å².